The Morgan fingerprint density at radius 1 is 1.06 bits per heavy atom. The molecule has 1 aromatic carbocycles. The summed E-state index contributed by atoms with van der Waals surface area (Å²) in [5.41, 5.74) is 13.6. The van der Waals surface area contributed by atoms with Crippen LogP contribution in [0.1, 0.15) is 29.8 Å². The third-order valence-electron chi connectivity index (χ3n) is 5.15. The van der Waals surface area contributed by atoms with Gasteiger partial charge in [0.2, 0.25) is 5.91 Å². The van der Waals surface area contributed by atoms with Gasteiger partial charge in [0.25, 0.3) is 0 Å². The van der Waals surface area contributed by atoms with Crippen LogP contribution in [0.2, 0.25) is 0 Å². The molecule has 0 saturated heterocycles. The Morgan fingerprint density at radius 3 is 2.59 bits per heavy atom. The molecule has 0 radical (unpaired) electrons. The van der Waals surface area contributed by atoms with Gasteiger partial charge in [-0.3, -0.25) is 14.6 Å². The van der Waals surface area contributed by atoms with Gasteiger partial charge in [0, 0.05) is 24.2 Å². The van der Waals surface area contributed by atoms with Crippen LogP contribution in [0.4, 0.5) is 0 Å². The molecular formula is C24H29N5O2S. The van der Waals surface area contributed by atoms with Crippen molar-refractivity contribution in [3.05, 3.63) is 71.6 Å². The lowest BCUT2D eigenvalue weighted by Gasteiger charge is -2.20. The monoisotopic (exact) mass is 451 g/mol. The zero-order valence-electron chi connectivity index (χ0n) is 17.9. The van der Waals surface area contributed by atoms with Gasteiger partial charge in [0.05, 0.1) is 23.4 Å². The number of hydrogen-bond acceptors (Lipinski definition) is 7. The van der Waals surface area contributed by atoms with E-state index >= 15 is 0 Å². The van der Waals surface area contributed by atoms with Crippen molar-refractivity contribution < 1.29 is 9.59 Å². The molecule has 0 aliphatic carbocycles. The number of rotatable bonds is 12. The number of nitrogens with two attached hydrogens (primary N) is 2. The number of amides is 1. The summed E-state index contributed by atoms with van der Waals surface area (Å²) in [7, 11) is 0. The lowest BCUT2D eigenvalue weighted by molar-refractivity contribution is -0.128. The summed E-state index contributed by atoms with van der Waals surface area (Å²) in [6.07, 6.45) is 7.72. The van der Waals surface area contributed by atoms with Gasteiger partial charge in [-0.2, -0.15) is 0 Å². The van der Waals surface area contributed by atoms with Gasteiger partial charge in [-0.05, 0) is 43.9 Å². The Hall–Kier alpha value is -2.94. The Bertz CT molecular complexity index is 994. The van der Waals surface area contributed by atoms with E-state index in [0.29, 0.717) is 37.2 Å². The molecule has 0 unspecified atom stereocenters. The highest BCUT2D eigenvalue weighted by molar-refractivity contribution is 7.15. The summed E-state index contributed by atoms with van der Waals surface area (Å²) in [4.78, 5) is 35.2. The van der Waals surface area contributed by atoms with Crippen LogP contribution in [-0.2, 0) is 22.4 Å². The summed E-state index contributed by atoms with van der Waals surface area (Å²) >= 11 is 1.46. The molecule has 32 heavy (non-hydrogen) atoms. The predicted octanol–water partition coefficient (Wildman–Crippen LogP) is 2.50. The molecule has 0 bridgehead atoms. The van der Waals surface area contributed by atoms with E-state index in [-0.39, 0.29) is 18.1 Å². The maximum absolute atomic E-state index is 13.1. The van der Waals surface area contributed by atoms with Crippen molar-refractivity contribution in [2.45, 2.75) is 44.2 Å². The summed E-state index contributed by atoms with van der Waals surface area (Å²) in [6.45, 7) is 0.473. The Balaban J connectivity index is 1.67. The van der Waals surface area contributed by atoms with Crippen LogP contribution >= 0.6 is 11.3 Å². The van der Waals surface area contributed by atoms with E-state index in [1.807, 2.05) is 42.5 Å². The van der Waals surface area contributed by atoms with E-state index in [4.69, 9.17) is 11.5 Å². The number of ketones is 1. The molecule has 1 amide bonds. The van der Waals surface area contributed by atoms with Crippen LogP contribution in [0.25, 0.3) is 10.4 Å². The lowest BCUT2D eigenvalue weighted by atomic mass is 10.00. The van der Waals surface area contributed by atoms with Crippen molar-refractivity contribution in [1.29, 1.82) is 0 Å². The van der Waals surface area contributed by atoms with E-state index in [1.165, 1.54) is 11.3 Å². The number of pyridine rings is 1. The van der Waals surface area contributed by atoms with Crippen LogP contribution in [0.3, 0.4) is 0 Å². The number of nitrogens with one attached hydrogen (secondary N) is 1. The number of hydrogen-bond donors (Lipinski definition) is 3. The molecule has 0 saturated carbocycles. The summed E-state index contributed by atoms with van der Waals surface area (Å²) in [5.74, 6) is -0.396. The summed E-state index contributed by atoms with van der Waals surface area (Å²) < 4.78 is 0. The number of aromatic nitrogens is 2. The smallest absolute Gasteiger partial charge is 0.237 e. The molecule has 0 spiro atoms. The van der Waals surface area contributed by atoms with Crippen LogP contribution in [0.5, 0.6) is 0 Å². The van der Waals surface area contributed by atoms with Gasteiger partial charge >= 0.3 is 0 Å². The zero-order chi connectivity index (χ0) is 22.8. The van der Waals surface area contributed by atoms with Crippen LogP contribution in [-0.4, -0.2) is 40.3 Å². The largest absolute Gasteiger partial charge is 0.345 e. The predicted molar refractivity (Wildman–Crippen MR) is 127 cm³/mol. The average Bonchev–Trinajstić information content (AvgIpc) is 3.29. The second kappa shape index (κ2) is 12.2. The number of carbonyl (C=O) groups excluding carboxylic acids is 2. The molecule has 3 rings (SSSR count). The van der Waals surface area contributed by atoms with E-state index in [2.05, 4.69) is 15.3 Å². The maximum atomic E-state index is 13.1. The molecule has 8 heteroatoms. The summed E-state index contributed by atoms with van der Waals surface area (Å²) in [6, 6.07) is 12.4. The molecule has 7 nitrogen and oxygen atoms in total. The normalized spacial score (nSPS) is 12.8. The molecule has 0 fully saturated rings. The lowest BCUT2D eigenvalue weighted by Crippen LogP contribution is -2.49. The first-order valence-corrected chi connectivity index (χ1v) is 11.6. The van der Waals surface area contributed by atoms with Crippen molar-refractivity contribution in [2.24, 2.45) is 11.5 Å². The first kappa shape index (κ1) is 23.7. The van der Waals surface area contributed by atoms with E-state index in [0.717, 1.165) is 16.0 Å². The zero-order valence-corrected chi connectivity index (χ0v) is 18.8. The number of benzene rings is 1. The van der Waals surface area contributed by atoms with Gasteiger partial charge in [-0.15, -0.1) is 11.3 Å². The maximum Gasteiger partial charge on any atom is 0.237 e. The standard InChI is InChI=1S/C24H29N5O2S/c25-12-4-9-19(26)24(31)29-20(11-10-17-6-2-1-3-7-17)21(30)14-23-28-16-22(32-23)18-8-5-13-27-15-18/h1-3,5-8,13,15-16,19-20H,4,9-12,14,25-26H2,(H,29,31)/t19-,20+/m0/s1. The topological polar surface area (TPSA) is 124 Å². The molecular weight excluding hydrogens is 422 g/mol. The number of thiazole rings is 1. The molecule has 2 heterocycles. The minimum absolute atomic E-state index is 0.0765. The van der Waals surface area contributed by atoms with Crippen LogP contribution in [0, 0.1) is 0 Å². The highest BCUT2D eigenvalue weighted by atomic mass is 32.1. The fraction of sp³-hybridized carbons (Fsp3) is 0.333. The van der Waals surface area contributed by atoms with E-state index in [1.54, 1.807) is 18.6 Å². The quantitative estimate of drug-likeness (QED) is 0.389. The molecule has 3 aromatic rings. The van der Waals surface area contributed by atoms with Gasteiger partial charge in [-0.1, -0.05) is 36.4 Å². The van der Waals surface area contributed by atoms with Gasteiger partial charge in [0.15, 0.2) is 5.78 Å². The number of nitrogens with zero attached hydrogens (tertiary/aromatic N) is 2. The van der Waals surface area contributed by atoms with Crippen LogP contribution < -0.4 is 16.8 Å². The van der Waals surface area contributed by atoms with Gasteiger partial charge in [-0.25, -0.2) is 4.98 Å². The number of aryl methyl sites for hydroxylation is 1. The fourth-order valence-corrected chi connectivity index (χ4v) is 4.24. The summed E-state index contributed by atoms with van der Waals surface area (Å²) in [5, 5.41) is 3.58. The Morgan fingerprint density at radius 2 is 1.88 bits per heavy atom. The average molecular weight is 452 g/mol. The van der Waals surface area contributed by atoms with Crippen molar-refractivity contribution in [1.82, 2.24) is 15.3 Å². The van der Waals surface area contributed by atoms with E-state index < -0.39 is 12.1 Å². The Kier molecular flexibility index (Phi) is 9.03. The molecule has 2 atom stereocenters. The molecule has 0 aliphatic rings. The minimum atomic E-state index is -0.678. The molecule has 5 N–H and O–H groups in total. The number of Topliss-reactive ketones (excluding diaryl/α,β-unsaturated/α-hetero) is 1. The second-order valence-corrected chi connectivity index (χ2v) is 8.74. The SMILES string of the molecule is NCCC[C@H](N)C(=O)N[C@H](CCc1ccccc1)C(=O)Cc1ncc(-c2cccnc2)s1. The Labute approximate surface area is 192 Å². The van der Waals surface area contributed by atoms with E-state index in [9.17, 15) is 9.59 Å². The van der Waals surface area contributed by atoms with Gasteiger partial charge < -0.3 is 16.8 Å². The third kappa shape index (κ3) is 7.05. The molecule has 168 valence electrons. The van der Waals surface area contributed by atoms with Crippen molar-refractivity contribution >= 4 is 23.0 Å². The molecule has 0 aliphatic heterocycles. The second-order valence-electron chi connectivity index (χ2n) is 7.63. The fourth-order valence-electron chi connectivity index (χ4n) is 3.32. The highest BCUT2D eigenvalue weighted by Gasteiger charge is 2.24. The molecule has 2 aromatic heterocycles. The minimum Gasteiger partial charge on any atom is -0.345 e. The van der Waals surface area contributed by atoms with Crippen LogP contribution in [0.15, 0.2) is 61.1 Å². The van der Waals surface area contributed by atoms with Crippen molar-refractivity contribution in [3.63, 3.8) is 0 Å². The van der Waals surface area contributed by atoms with Gasteiger partial charge in [0.1, 0.15) is 5.01 Å². The first-order chi connectivity index (χ1) is 15.6. The highest BCUT2D eigenvalue weighted by Crippen LogP contribution is 2.25. The number of carbonyl (C=O) groups is 2. The van der Waals surface area contributed by atoms with Crippen molar-refractivity contribution in [3.8, 4) is 10.4 Å². The third-order valence-corrected chi connectivity index (χ3v) is 6.20. The van der Waals surface area contributed by atoms with Crippen molar-refractivity contribution in [2.75, 3.05) is 6.54 Å². The first-order valence-electron chi connectivity index (χ1n) is 10.7.